The molecular weight excluding hydrogens is 178 g/mol. The van der Waals surface area contributed by atoms with Crippen molar-refractivity contribution in [2.24, 2.45) is 0 Å². The molecule has 0 fully saturated rings. The Bertz CT molecular complexity index is 360. The lowest BCUT2D eigenvalue weighted by Gasteiger charge is -2.10. The van der Waals surface area contributed by atoms with Crippen LogP contribution in [0.25, 0.3) is 0 Å². The Kier molecular flexibility index (Phi) is 2.50. The molecule has 2 heterocycles. The molecule has 1 unspecified atom stereocenters. The van der Waals surface area contributed by atoms with Crippen molar-refractivity contribution in [1.29, 1.82) is 0 Å². The van der Waals surface area contributed by atoms with Crippen molar-refractivity contribution >= 4 is 0 Å². The Morgan fingerprint density at radius 2 is 2.43 bits per heavy atom. The van der Waals surface area contributed by atoms with Crippen LogP contribution in [-0.2, 0) is 4.74 Å². The fraction of sp³-hybridized carbons (Fsp3) is 0.364. The van der Waals surface area contributed by atoms with Gasteiger partial charge in [0, 0.05) is 23.9 Å². The highest BCUT2D eigenvalue weighted by atomic mass is 16.5. The summed E-state index contributed by atoms with van der Waals surface area (Å²) >= 11 is 0. The van der Waals surface area contributed by atoms with Crippen molar-refractivity contribution < 1.29 is 9.84 Å². The Balaban J connectivity index is 2.22. The van der Waals surface area contributed by atoms with E-state index in [-0.39, 0.29) is 0 Å². The first-order valence-corrected chi connectivity index (χ1v) is 4.68. The summed E-state index contributed by atoms with van der Waals surface area (Å²) in [5.74, 6) is 0. The average molecular weight is 191 g/mol. The summed E-state index contributed by atoms with van der Waals surface area (Å²) in [6, 6.07) is 3.72. The standard InChI is InChI=1S/C11H13NO2/c1-8-6-9(2-4-12-8)11(13)10-3-5-14-7-10/h2,4,6-7,11,13H,3,5H2,1H3. The molecule has 3 nitrogen and oxygen atoms in total. The second kappa shape index (κ2) is 3.80. The molecule has 0 bridgehead atoms. The number of aryl methyl sites for hydroxylation is 1. The average Bonchev–Trinajstić information content (AvgIpc) is 2.69. The van der Waals surface area contributed by atoms with Gasteiger partial charge in [0.05, 0.1) is 12.9 Å². The molecule has 0 amide bonds. The van der Waals surface area contributed by atoms with Crippen molar-refractivity contribution in [1.82, 2.24) is 4.98 Å². The third-order valence-electron chi connectivity index (χ3n) is 2.33. The smallest absolute Gasteiger partial charge is 0.104 e. The molecule has 14 heavy (non-hydrogen) atoms. The quantitative estimate of drug-likeness (QED) is 0.774. The molecule has 1 N–H and O–H groups in total. The van der Waals surface area contributed by atoms with E-state index < -0.39 is 6.10 Å². The van der Waals surface area contributed by atoms with Crippen molar-refractivity contribution in [3.8, 4) is 0 Å². The zero-order valence-electron chi connectivity index (χ0n) is 8.10. The molecule has 0 saturated carbocycles. The van der Waals surface area contributed by atoms with Crippen LogP contribution in [0.4, 0.5) is 0 Å². The Labute approximate surface area is 83.1 Å². The number of rotatable bonds is 2. The Morgan fingerprint density at radius 1 is 1.57 bits per heavy atom. The highest BCUT2D eigenvalue weighted by Gasteiger charge is 2.17. The minimum Gasteiger partial charge on any atom is -0.501 e. The van der Waals surface area contributed by atoms with Gasteiger partial charge in [-0.25, -0.2) is 0 Å². The van der Waals surface area contributed by atoms with Gasteiger partial charge in [0.1, 0.15) is 6.10 Å². The van der Waals surface area contributed by atoms with Gasteiger partial charge < -0.3 is 9.84 Å². The molecule has 0 saturated heterocycles. The predicted molar refractivity (Wildman–Crippen MR) is 52.6 cm³/mol. The monoisotopic (exact) mass is 191 g/mol. The van der Waals surface area contributed by atoms with Gasteiger partial charge in [-0.05, 0) is 24.6 Å². The number of ether oxygens (including phenoxy) is 1. The van der Waals surface area contributed by atoms with Gasteiger partial charge in [-0.15, -0.1) is 0 Å². The van der Waals surface area contributed by atoms with E-state index in [2.05, 4.69) is 4.98 Å². The molecule has 1 aliphatic heterocycles. The molecule has 0 radical (unpaired) electrons. The van der Waals surface area contributed by atoms with Crippen LogP contribution in [0.1, 0.15) is 23.8 Å². The van der Waals surface area contributed by atoms with Crippen LogP contribution in [-0.4, -0.2) is 16.7 Å². The van der Waals surface area contributed by atoms with Crippen molar-refractivity contribution in [2.75, 3.05) is 6.61 Å². The first kappa shape index (κ1) is 9.21. The number of nitrogens with zero attached hydrogens (tertiary/aromatic N) is 1. The zero-order valence-corrected chi connectivity index (χ0v) is 8.10. The second-order valence-electron chi connectivity index (χ2n) is 3.45. The lowest BCUT2D eigenvalue weighted by molar-refractivity contribution is 0.213. The van der Waals surface area contributed by atoms with E-state index in [0.29, 0.717) is 6.61 Å². The van der Waals surface area contributed by atoms with Crippen molar-refractivity contribution in [2.45, 2.75) is 19.4 Å². The summed E-state index contributed by atoms with van der Waals surface area (Å²) in [4.78, 5) is 4.09. The van der Waals surface area contributed by atoms with Gasteiger partial charge in [0.25, 0.3) is 0 Å². The highest BCUT2D eigenvalue weighted by Crippen LogP contribution is 2.26. The van der Waals surface area contributed by atoms with E-state index in [1.165, 1.54) is 0 Å². The Hall–Kier alpha value is -1.35. The molecule has 1 atom stereocenters. The normalized spacial score (nSPS) is 17.4. The van der Waals surface area contributed by atoms with Crippen molar-refractivity contribution in [3.05, 3.63) is 41.4 Å². The lowest BCUT2D eigenvalue weighted by Crippen LogP contribution is -2.01. The minimum absolute atomic E-state index is 0.542. The van der Waals surface area contributed by atoms with E-state index in [1.54, 1.807) is 12.5 Å². The third kappa shape index (κ3) is 1.77. The Morgan fingerprint density at radius 3 is 3.07 bits per heavy atom. The second-order valence-corrected chi connectivity index (χ2v) is 3.45. The van der Waals surface area contributed by atoms with E-state index in [1.807, 2.05) is 19.1 Å². The summed E-state index contributed by atoms with van der Waals surface area (Å²) < 4.78 is 5.09. The molecule has 1 aliphatic rings. The third-order valence-corrected chi connectivity index (χ3v) is 2.33. The van der Waals surface area contributed by atoms with Crippen LogP contribution in [0, 0.1) is 6.92 Å². The molecule has 74 valence electrons. The number of aliphatic hydroxyl groups is 1. The number of hydrogen-bond acceptors (Lipinski definition) is 3. The van der Waals surface area contributed by atoms with E-state index in [9.17, 15) is 5.11 Å². The lowest BCUT2D eigenvalue weighted by atomic mass is 10.0. The van der Waals surface area contributed by atoms with Gasteiger partial charge in [-0.3, -0.25) is 4.98 Å². The summed E-state index contributed by atoms with van der Waals surface area (Å²) in [7, 11) is 0. The first-order valence-electron chi connectivity index (χ1n) is 4.68. The molecule has 3 heteroatoms. The maximum Gasteiger partial charge on any atom is 0.104 e. The van der Waals surface area contributed by atoms with Gasteiger partial charge in [0.15, 0.2) is 0 Å². The maximum absolute atomic E-state index is 9.97. The fourth-order valence-corrected chi connectivity index (χ4v) is 1.55. The summed E-state index contributed by atoms with van der Waals surface area (Å²) in [5.41, 5.74) is 2.74. The van der Waals surface area contributed by atoms with Crippen LogP contribution < -0.4 is 0 Å². The molecule has 1 aromatic rings. The fourth-order valence-electron chi connectivity index (χ4n) is 1.55. The van der Waals surface area contributed by atoms with Gasteiger partial charge in [-0.2, -0.15) is 0 Å². The van der Waals surface area contributed by atoms with Crippen LogP contribution in [0.15, 0.2) is 30.2 Å². The topological polar surface area (TPSA) is 42.4 Å². The van der Waals surface area contributed by atoms with Crippen LogP contribution in [0.3, 0.4) is 0 Å². The SMILES string of the molecule is Cc1cc(C(O)C2=COCC2)ccn1. The maximum atomic E-state index is 9.97. The predicted octanol–water partition coefficient (Wildman–Crippen LogP) is 1.73. The molecule has 2 rings (SSSR count). The largest absolute Gasteiger partial charge is 0.501 e. The van der Waals surface area contributed by atoms with Crippen LogP contribution in [0.2, 0.25) is 0 Å². The van der Waals surface area contributed by atoms with Crippen LogP contribution in [0.5, 0.6) is 0 Å². The van der Waals surface area contributed by atoms with E-state index in [4.69, 9.17) is 4.74 Å². The molecule has 0 aliphatic carbocycles. The van der Waals surface area contributed by atoms with E-state index >= 15 is 0 Å². The summed E-state index contributed by atoms with van der Waals surface area (Å²) in [6.45, 7) is 2.59. The molecular formula is C11H13NO2. The van der Waals surface area contributed by atoms with E-state index in [0.717, 1.165) is 23.3 Å². The molecule has 1 aromatic heterocycles. The van der Waals surface area contributed by atoms with Crippen LogP contribution >= 0.6 is 0 Å². The van der Waals surface area contributed by atoms with Gasteiger partial charge >= 0.3 is 0 Å². The number of aromatic nitrogens is 1. The van der Waals surface area contributed by atoms with Gasteiger partial charge in [0.2, 0.25) is 0 Å². The number of hydrogen-bond donors (Lipinski definition) is 1. The van der Waals surface area contributed by atoms with Gasteiger partial charge in [-0.1, -0.05) is 0 Å². The summed E-state index contributed by atoms with van der Waals surface area (Å²) in [6.07, 6.45) is 3.63. The summed E-state index contributed by atoms with van der Waals surface area (Å²) in [5, 5.41) is 9.97. The number of pyridine rings is 1. The zero-order chi connectivity index (χ0) is 9.97. The minimum atomic E-state index is -0.542. The molecule has 0 spiro atoms. The first-order chi connectivity index (χ1) is 6.77. The van der Waals surface area contributed by atoms with Crippen molar-refractivity contribution in [3.63, 3.8) is 0 Å². The molecule has 0 aromatic carbocycles. The number of aliphatic hydroxyl groups excluding tert-OH is 1. The highest BCUT2D eigenvalue weighted by molar-refractivity contribution is 5.26.